The molecule has 3 aromatic rings. The van der Waals surface area contributed by atoms with Crippen LogP contribution in [0.4, 0.5) is 17.6 Å². The maximum Gasteiger partial charge on any atom is 0.248 e. The van der Waals surface area contributed by atoms with E-state index in [0.29, 0.717) is 18.4 Å². The minimum Gasteiger partial charge on any atom is -0.490 e. The van der Waals surface area contributed by atoms with Crippen LogP contribution in [-0.2, 0) is 7.05 Å². The van der Waals surface area contributed by atoms with Crippen LogP contribution in [0.25, 0.3) is 0 Å². The van der Waals surface area contributed by atoms with Gasteiger partial charge < -0.3 is 19.7 Å². The molecule has 0 amide bonds. The molecular weight excluding hydrogens is 372 g/mol. The zero-order valence-corrected chi connectivity index (χ0v) is 16.5. The summed E-state index contributed by atoms with van der Waals surface area (Å²) >= 11 is 0. The van der Waals surface area contributed by atoms with Crippen LogP contribution >= 0.6 is 0 Å². The number of tetrazole rings is 1. The zero-order valence-electron chi connectivity index (χ0n) is 16.5. The van der Waals surface area contributed by atoms with Crippen molar-refractivity contribution in [3.63, 3.8) is 0 Å². The molecule has 0 radical (unpaired) electrons. The molecule has 2 aromatic heterocycles. The van der Waals surface area contributed by atoms with Gasteiger partial charge in [0.25, 0.3) is 0 Å². The highest BCUT2D eigenvalue weighted by Gasteiger charge is 2.24. The average Bonchev–Trinajstić information content (AvgIpc) is 3.14. The number of rotatable bonds is 7. The summed E-state index contributed by atoms with van der Waals surface area (Å²) in [7, 11) is 1.76. The summed E-state index contributed by atoms with van der Waals surface area (Å²) in [6.07, 6.45) is 5.44. The lowest BCUT2D eigenvalue weighted by atomic mass is 10.1. The van der Waals surface area contributed by atoms with Crippen LogP contribution in [0.5, 0.6) is 11.5 Å². The Morgan fingerprint density at radius 3 is 2.86 bits per heavy atom. The molecule has 0 bridgehead atoms. The lowest BCUT2D eigenvalue weighted by Gasteiger charge is -2.33. The minimum atomic E-state index is 0.0479. The van der Waals surface area contributed by atoms with E-state index in [9.17, 15) is 0 Å². The fraction of sp³-hybridized carbons (Fsp3) is 0.421. The molecule has 10 heteroatoms. The second-order valence-corrected chi connectivity index (χ2v) is 6.72. The van der Waals surface area contributed by atoms with Gasteiger partial charge in [0, 0.05) is 13.6 Å². The van der Waals surface area contributed by atoms with Crippen LogP contribution in [0.1, 0.15) is 19.8 Å². The van der Waals surface area contributed by atoms with Gasteiger partial charge in [-0.15, -0.1) is 0 Å². The largest absolute Gasteiger partial charge is 0.490 e. The number of nitrogens with zero attached hydrogens (tertiary/aromatic N) is 7. The summed E-state index contributed by atoms with van der Waals surface area (Å²) in [5.74, 6) is 3.43. The summed E-state index contributed by atoms with van der Waals surface area (Å²) in [6, 6.07) is 7.79. The lowest BCUT2D eigenvalue weighted by molar-refractivity contribution is 0.170. The van der Waals surface area contributed by atoms with Crippen molar-refractivity contribution in [2.75, 3.05) is 29.9 Å². The van der Waals surface area contributed by atoms with Crippen molar-refractivity contribution in [2.45, 2.75) is 25.9 Å². The number of para-hydroxylation sites is 2. The number of hydrogen-bond acceptors (Lipinski definition) is 9. The Morgan fingerprint density at radius 2 is 2.07 bits per heavy atom. The summed E-state index contributed by atoms with van der Waals surface area (Å²) in [6.45, 7) is 4.20. The van der Waals surface area contributed by atoms with Crippen molar-refractivity contribution in [1.82, 2.24) is 30.2 Å². The number of aromatic nitrogens is 6. The lowest BCUT2D eigenvalue weighted by Crippen LogP contribution is -2.41. The number of anilines is 3. The standard InChI is InChI=1S/C19H24N8O2/c1-3-28-15-8-4-5-9-16(15)29-14-7-6-10-27(13-14)18-12-20-11-17(21-18)22-19-23-24-25-26(19)2/h4-5,8-9,11-12,14H,3,6-7,10,13H2,1-2H3,(H,21,22,23,25). The zero-order chi connectivity index (χ0) is 20.1. The summed E-state index contributed by atoms with van der Waals surface area (Å²) in [4.78, 5) is 11.2. The van der Waals surface area contributed by atoms with Crippen LogP contribution in [0.2, 0.25) is 0 Å². The highest BCUT2D eigenvalue weighted by molar-refractivity contribution is 5.50. The van der Waals surface area contributed by atoms with Crippen LogP contribution in [0.3, 0.4) is 0 Å². The van der Waals surface area contributed by atoms with Gasteiger partial charge in [0.15, 0.2) is 17.3 Å². The van der Waals surface area contributed by atoms with E-state index in [2.05, 4.69) is 35.7 Å². The Balaban J connectivity index is 1.45. The van der Waals surface area contributed by atoms with E-state index in [4.69, 9.17) is 9.47 Å². The molecule has 1 N–H and O–H groups in total. The predicted molar refractivity (Wildman–Crippen MR) is 108 cm³/mol. The number of nitrogens with one attached hydrogen (secondary N) is 1. The molecule has 3 heterocycles. The van der Waals surface area contributed by atoms with Gasteiger partial charge in [-0.25, -0.2) is 9.67 Å². The number of hydrogen-bond donors (Lipinski definition) is 1. The van der Waals surface area contributed by atoms with Crippen molar-refractivity contribution in [3.8, 4) is 11.5 Å². The van der Waals surface area contributed by atoms with Gasteiger partial charge in [0.05, 0.1) is 25.5 Å². The molecule has 1 aliphatic rings. The smallest absolute Gasteiger partial charge is 0.248 e. The second kappa shape index (κ2) is 8.72. The Kier molecular flexibility index (Phi) is 5.68. The second-order valence-electron chi connectivity index (χ2n) is 6.72. The average molecular weight is 396 g/mol. The molecular formula is C19H24N8O2. The van der Waals surface area contributed by atoms with E-state index in [-0.39, 0.29) is 6.10 Å². The van der Waals surface area contributed by atoms with Crippen molar-refractivity contribution in [1.29, 1.82) is 0 Å². The van der Waals surface area contributed by atoms with Gasteiger partial charge in [0.1, 0.15) is 11.9 Å². The van der Waals surface area contributed by atoms with Crippen LogP contribution < -0.4 is 19.7 Å². The quantitative estimate of drug-likeness (QED) is 0.643. The first-order chi connectivity index (χ1) is 14.2. The Labute approximate surface area is 168 Å². The summed E-state index contributed by atoms with van der Waals surface area (Å²) in [5.41, 5.74) is 0. The Hall–Kier alpha value is -3.43. The number of benzene rings is 1. The summed E-state index contributed by atoms with van der Waals surface area (Å²) in [5, 5.41) is 14.4. The molecule has 10 nitrogen and oxygen atoms in total. The number of ether oxygens (including phenoxy) is 2. The van der Waals surface area contributed by atoms with Crippen molar-refractivity contribution >= 4 is 17.6 Å². The first-order valence-corrected chi connectivity index (χ1v) is 9.68. The van der Waals surface area contributed by atoms with Gasteiger partial charge in [0.2, 0.25) is 5.95 Å². The van der Waals surface area contributed by atoms with E-state index in [0.717, 1.165) is 43.2 Å². The Morgan fingerprint density at radius 1 is 1.21 bits per heavy atom. The maximum absolute atomic E-state index is 6.26. The Bertz CT molecular complexity index is 947. The molecule has 1 aromatic carbocycles. The summed E-state index contributed by atoms with van der Waals surface area (Å²) < 4.78 is 13.5. The van der Waals surface area contributed by atoms with Gasteiger partial charge in [-0.1, -0.05) is 17.2 Å². The van der Waals surface area contributed by atoms with Gasteiger partial charge in [-0.05, 0) is 42.3 Å². The van der Waals surface area contributed by atoms with Gasteiger partial charge in [-0.3, -0.25) is 4.98 Å². The van der Waals surface area contributed by atoms with Gasteiger partial charge >= 0.3 is 0 Å². The maximum atomic E-state index is 6.26. The van der Waals surface area contributed by atoms with E-state index < -0.39 is 0 Å². The highest BCUT2D eigenvalue weighted by Crippen LogP contribution is 2.30. The molecule has 1 aliphatic heterocycles. The SMILES string of the molecule is CCOc1ccccc1OC1CCCN(c2cncc(Nc3nnnn3C)n2)C1. The van der Waals surface area contributed by atoms with Crippen molar-refractivity contribution in [3.05, 3.63) is 36.7 Å². The molecule has 1 unspecified atom stereocenters. The minimum absolute atomic E-state index is 0.0479. The van der Waals surface area contributed by atoms with Crippen LogP contribution in [0.15, 0.2) is 36.7 Å². The fourth-order valence-electron chi connectivity index (χ4n) is 3.26. The number of piperidine rings is 1. The van der Waals surface area contributed by atoms with Crippen molar-refractivity contribution < 1.29 is 9.47 Å². The van der Waals surface area contributed by atoms with E-state index in [1.54, 1.807) is 19.4 Å². The molecule has 0 saturated carbocycles. The first-order valence-electron chi connectivity index (χ1n) is 9.68. The molecule has 1 atom stereocenters. The molecule has 1 fully saturated rings. The molecule has 0 spiro atoms. The van der Waals surface area contributed by atoms with Crippen molar-refractivity contribution in [2.24, 2.45) is 7.05 Å². The topological polar surface area (TPSA) is 103 Å². The molecule has 29 heavy (non-hydrogen) atoms. The third-order valence-electron chi connectivity index (χ3n) is 4.63. The molecule has 0 aliphatic carbocycles. The molecule has 152 valence electrons. The van der Waals surface area contributed by atoms with E-state index >= 15 is 0 Å². The highest BCUT2D eigenvalue weighted by atomic mass is 16.5. The third-order valence-corrected chi connectivity index (χ3v) is 4.63. The normalized spacial score (nSPS) is 16.5. The van der Waals surface area contributed by atoms with Crippen LogP contribution in [0, 0.1) is 0 Å². The first kappa shape index (κ1) is 18.9. The fourth-order valence-corrected chi connectivity index (χ4v) is 3.26. The monoisotopic (exact) mass is 396 g/mol. The van der Waals surface area contributed by atoms with E-state index in [1.807, 2.05) is 31.2 Å². The predicted octanol–water partition coefficient (Wildman–Crippen LogP) is 2.19. The number of aryl methyl sites for hydroxylation is 1. The van der Waals surface area contributed by atoms with E-state index in [1.165, 1.54) is 4.68 Å². The third kappa shape index (κ3) is 4.53. The molecule has 1 saturated heterocycles. The van der Waals surface area contributed by atoms with Gasteiger partial charge in [-0.2, -0.15) is 0 Å². The van der Waals surface area contributed by atoms with Crippen LogP contribution in [-0.4, -0.2) is 56.0 Å². The molecule has 4 rings (SSSR count).